The molecule has 0 aliphatic rings. The molecule has 0 bridgehead atoms. The standard InChI is InChI=1S/C26H51N2/c1-4-7-9-10-11-12-13-14-15-16-17-18-19-20-23-28-25-24-27(22-6-3)26(28)21-8-5-2/h24-25H,4-23H2,1-3H3/q+1. The van der Waals surface area contributed by atoms with Gasteiger partial charge in [0.05, 0.1) is 13.1 Å². The molecule has 0 spiro atoms. The van der Waals surface area contributed by atoms with Gasteiger partial charge in [0.15, 0.2) is 0 Å². The summed E-state index contributed by atoms with van der Waals surface area (Å²) >= 11 is 0. The van der Waals surface area contributed by atoms with Crippen LogP contribution in [0.15, 0.2) is 12.4 Å². The van der Waals surface area contributed by atoms with Crippen molar-refractivity contribution in [2.75, 3.05) is 0 Å². The van der Waals surface area contributed by atoms with Crippen LogP contribution in [-0.2, 0) is 19.5 Å². The number of aryl methyl sites for hydroxylation is 2. The molecule has 0 N–H and O–H groups in total. The summed E-state index contributed by atoms with van der Waals surface area (Å²) in [6, 6.07) is 0. The highest BCUT2D eigenvalue weighted by molar-refractivity contribution is 4.84. The number of nitrogens with zero attached hydrogens (tertiary/aromatic N) is 2. The molecule has 164 valence electrons. The first-order valence-electron chi connectivity index (χ1n) is 12.9. The summed E-state index contributed by atoms with van der Waals surface area (Å²) in [6.45, 7) is 9.26. The van der Waals surface area contributed by atoms with Crippen molar-refractivity contribution < 1.29 is 4.57 Å². The summed E-state index contributed by atoms with van der Waals surface area (Å²) < 4.78 is 5.02. The summed E-state index contributed by atoms with van der Waals surface area (Å²) in [5, 5.41) is 0. The Morgan fingerprint density at radius 1 is 0.607 bits per heavy atom. The van der Waals surface area contributed by atoms with Gasteiger partial charge in [-0.25, -0.2) is 9.13 Å². The van der Waals surface area contributed by atoms with Gasteiger partial charge >= 0.3 is 0 Å². The van der Waals surface area contributed by atoms with E-state index >= 15 is 0 Å². The molecule has 28 heavy (non-hydrogen) atoms. The van der Waals surface area contributed by atoms with E-state index in [2.05, 4.69) is 42.3 Å². The van der Waals surface area contributed by atoms with Crippen LogP contribution in [0, 0.1) is 0 Å². The lowest BCUT2D eigenvalue weighted by molar-refractivity contribution is -0.703. The molecule has 0 amide bonds. The van der Waals surface area contributed by atoms with Crippen LogP contribution in [-0.4, -0.2) is 4.57 Å². The second-order valence-electron chi connectivity index (χ2n) is 8.80. The third-order valence-electron chi connectivity index (χ3n) is 6.06. The molecule has 0 unspecified atom stereocenters. The van der Waals surface area contributed by atoms with Crippen LogP contribution in [0.1, 0.15) is 136 Å². The minimum Gasteiger partial charge on any atom is -0.234 e. The third kappa shape index (κ3) is 11.9. The van der Waals surface area contributed by atoms with Gasteiger partial charge in [0.1, 0.15) is 12.4 Å². The van der Waals surface area contributed by atoms with Gasteiger partial charge in [0.25, 0.3) is 5.82 Å². The molecule has 0 atom stereocenters. The van der Waals surface area contributed by atoms with Crippen molar-refractivity contribution in [2.45, 2.75) is 149 Å². The maximum Gasteiger partial charge on any atom is 0.256 e. The second kappa shape index (κ2) is 18.3. The molecule has 1 aromatic rings. The zero-order chi connectivity index (χ0) is 20.3. The van der Waals surface area contributed by atoms with Crippen molar-refractivity contribution >= 4 is 0 Å². The Morgan fingerprint density at radius 3 is 1.61 bits per heavy atom. The topological polar surface area (TPSA) is 8.81 Å². The molecular weight excluding hydrogens is 340 g/mol. The van der Waals surface area contributed by atoms with Gasteiger partial charge < -0.3 is 0 Å². The summed E-state index contributed by atoms with van der Waals surface area (Å²) in [7, 11) is 0. The molecule has 1 rings (SSSR count). The van der Waals surface area contributed by atoms with Crippen molar-refractivity contribution in [3.63, 3.8) is 0 Å². The predicted molar refractivity (Wildman–Crippen MR) is 124 cm³/mol. The fraction of sp³-hybridized carbons (Fsp3) is 0.885. The summed E-state index contributed by atoms with van der Waals surface area (Å²) in [4.78, 5) is 0. The zero-order valence-corrected chi connectivity index (χ0v) is 19.7. The smallest absolute Gasteiger partial charge is 0.234 e. The van der Waals surface area contributed by atoms with Crippen LogP contribution in [0.3, 0.4) is 0 Å². The lowest BCUT2D eigenvalue weighted by Crippen LogP contribution is -2.37. The molecule has 0 aliphatic carbocycles. The van der Waals surface area contributed by atoms with Crippen LogP contribution in [0.5, 0.6) is 0 Å². The average Bonchev–Trinajstić information content (AvgIpc) is 3.08. The summed E-state index contributed by atoms with van der Waals surface area (Å²) in [5.41, 5.74) is 0. The van der Waals surface area contributed by atoms with Crippen LogP contribution in [0.2, 0.25) is 0 Å². The normalized spacial score (nSPS) is 11.4. The fourth-order valence-corrected chi connectivity index (χ4v) is 4.24. The molecule has 0 aromatic carbocycles. The van der Waals surface area contributed by atoms with Crippen molar-refractivity contribution in [1.82, 2.24) is 4.57 Å². The van der Waals surface area contributed by atoms with E-state index in [1.54, 1.807) is 5.82 Å². The Kier molecular flexibility index (Phi) is 16.5. The van der Waals surface area contributed by atoms with E-state index in [1.165, 1.54) is 129 Å². The van der Waals surface area contributed by atoms with Gasteiger partial charge in [0, 0.05) is 6.42 Å². The number of hydrogen-bond donors (Lipinski definition) is 0. The Balaban J connectivity index is 2.01. The minimum atomic E-state index is 1.17. The first kappa shape index (κ1) is 25.2. The van der Waals surface area contributed by atoms with Crippen LogP contribution in [0.4, 0.5) is 0 Å². The lowest BCUT2D eigenvalue weighted by atomic mass is 10.0. The molecule has 0 fully saturated rings. The first-order chi connectivity index (χ1) is 13.8. The number of hydrogen-bond acceptors (Lipinski definition) is 0. The van der Waals surface area contributed by atoms with E-state index in [4.69, 9.17) is 0 Å². The molecule has 0 aliphatic heterocycles. The lowest BCUT2D eigenvalue weighted by Gasteiger charge is -2.05. The highest BCUT2D eigenvalue weighted by Gasteiger charge is 2.15. The van der Waals surface area contributed by atoms with Gasteiger partial charge in [-0.1, -0.05) is 104 Å². The van der Waals surface area contributed by atoms with E-state index in [0.29, 0.717) is 0 Å². The van der Waals surface area contributed by atoms with E-state index < -0.39 is 0 Å². The van der Waals surface area contributed by atoms with Crippen molar-refractivity contribution in [1.29, 1.82) is 0 Å². The maximum atomic E-state index is 2.53. The Hall–Kier alpha value is -0.790. The predicted octanol–water partition coefficient (Wildman–Crippen LogP) is 8.01. The van der Waals surface area contributed by atoms with Gasteiger partial charge in [0.2, 0.25) is 0 Å². The minimum absolute atomic E-state index is 1.17. The van der Waals surface area contributed by atoms with E-state index in [-0.39, 0.29) is 0 Å². The molecule has 0 saturated heterocycles. The van der Waals surface area contributed by atoms with E-state index in [9.17, 15) is 0 Å². The van der Waals surface area contributed by atoms with Gasteiger partial charge in [-0.05, 0) is 25.7 Å². The highest BCUT2D eigenvalue weighted by Crippen LogP contribution is 2.13. The van der Waals surface area contributed by atoms with Crippen LogP contribution in [0.25, 0.3) is 0 Å². The first-order valence-corrected chi connectivity index (χ1v) is 12.9. The van der Waals surface area contributed by atoms with Gasteiger partial charge in [-0.15, -0.1) is 0 Å². The quantitative estimate of drug-likeness (QED) is 0.157. The monoisotopic (exact) mass is 391 g/mol. The second-order valence-corrected chi connectivity index (χ2v) is 8.80. The van der Waals surface area contributed by atoms with Gasteiger partial charge in [-0.3, -0.25) is 0 Å². The molecule has 2 heteroatoms. The molecule has 1 aromatic heterocycles. The van der Waals surface area contributed by atoms with Crippen LogP contribution < -0.4 is 4.57 Å². The fourth-order valence-electron chi connectivity index (χ4n) is 4.24. The number of imidazole rings is 1. The summed E-state index contributed by atoms with van der Waals surface area (Å²) in [6.07, 6.45) is 29.8. The SMILES string of the molecule is CCCCCCCCCCCCCCCCn1cc[n+](CCC)c1CCCC. The van der Waals surface area contributed by atoms with Crippen molar-refractivity contribution in [3.05, 3.63) is 18.2 Å². The van der Waals surface area contributed by atoms with Crippen molar-refractivity contribution in [3.8, 4) is 0 Å². The third-order valence-corrected chi connectivity index (χ3v) is 6.06. The molecule has 2 nitrogen and oxygen atoms in total. The highest BCUT2D eigenvalue weighted by atomic mass is 15.1. The number of aromatic nitrogens is 2. The van der Waals surface area contributed by atoms with E-state index in [1.807, 2.05) is 0 Å². The Bertz CT molecular complexity index is 449. The average molecular weight is 392 g/mol. The van der Waals surface area contributed by atoms with Gasteiger partial charge in [-0.2, -0.15) is 0 Å². The summed E-state index contributed by atoms with van der Waals surface area (Å²) in [5.74, 6) is 1.55. The van der Waals surface area contributed by atoms with E-state index in [0.717, 1.165) is 0 Å². The van der Waals surface area contributed by atoms with Crippen molar-refractivity contribution in [2.24, 2.45) is 0 Å². The number of unbranched alkanes of at least 4 members (excludes halogenated alkanes) is 14. The maximum absolute atomic E-state index is 2.53. The molecule has 1 heterocycles. The molecule has 0 saturated carbocycles. The Morgan fingerprint density at radius 2 is 1.11 bits per heavy atom. The Labute approximate surface area is 177 Å². The largest absolute Gasteiger partial charge is 0.256 e. The van der Waals surface area contributed by atoms with Crippen LogP contribution >= 0.6 is 0 Å². The number of rotatable bonds is 20. The molecule has 0 radical (unpaired) electrons. The zero-order valence-electron chi connectivity index (χ0n) is 19.7. The molecular formula is C26H51N2+.